The molecule has 0 amide bonds. The Balaban J connectivity index is 0.000000241. The Hall–Kier alpha value is -5.42. The smallest absolute Gasteiger partial charge is 0.196 e. The quantitative estimate of drug-likeness (QED) is 0.0593. The van der Waals surface area contributed by atoms with Gasteiger partial charge >= 0.3 is 0 Å². The predicted octanol–water partition coefficient (Wildman–Crippen LogP) is 9.84. The Bertz CT molecular complexity index is 2310. The normalized spacial score (nSPS) is 13.3. The highest BCUT2D eigenvalue weighted by molar-refractivity contribution is 6.38. The zero-order valence-electron chi connectivity index (χ0n) is 39.9. The van der Waals surface area contributed by atoms with Crippen molar-refractivity contribution in [3.05, 3.63) is 118 Å². The van der Waals surface area contributed by atoms with Crippen LogP contribution in [0.4, 0.5) is 5.69 Å². The van der Waals surface area contributed by atoms with Crippen molar-refractivity contribution < 1.29 is 28.8 Å². The highest BCUT2D eigenvalue weighted by Crippen LogP contribution is 2.40. The summed E-state index contributed by atoms with van der Waals surface area (Å²) in [6.07, 6.45) is 2.11. The fraction of sp³-hybridized carbons (Fsp3) is 0.423. The first-order chi connectivity index (χ1) is 31.8. The van der Waals surface area contributed by atoms with E-state index in [1.165, 1.54) is 5.56 Å². The number of likely N-dealkylation sites (N-methyl/N-ethyl adjacent to an activating group) is 1. The fourth-order valence-corrected chi connectivity index (χ4v) is 7.86. The number of methoxy groups -OCH3 is 4. The number of nitrogens with one attached hydrogen (secondary N) is 3. The summed E-state index contributed by atoms with van der Waals surface area (Å²) in [5.74, 6) is 4.53. The number of hydrogen-bond donors (Lipinski definition) is 4. The molecule has 356 valence electrons. The number of aliphatic hydroxyl groups is 1. The number of hydrogen-bond acceptors (Lipinski definition) is 10. The first kappa shape index (κ1) is 53.2. The Morgan fingerprint density at radius 2 is 1.38 bits per heavy atom. The van der Waals surface area contributed by atoms with E-state index < -0.39 is 11.5 Å². The lowest BCUT2D eigenvalue weighted by Gasteiger charge is -2.32. The molecule has 0 spiro atoms. The van der Waals surface area contributed by atoms with Crippen LogP contribution in [0.1, 0.15) is 51.7 Å². The maximum atomic E-state index is 10.2. The van der Waals surface area contributed by atoms with Gasteiger partial charge in [-0.1, -0.05) is 105 Å². The topological polar surface area (TPSA) is 142 Å². The van der Waals surface area contributed by atoms with Crippen LogP contribution in [0.25, 0.3) is 10.8 Å². The van der Waals surface area contributed by atoms with E-state index in [1.807, 2.05) is 60.7 Å². The third-order valence-electron chi connectivity index (χ3n) is 11.2. The standard InChI is InChI=1S/C27H38N2O4.C16H21NO2.C9H9Cl2N3/c1-20(2)27(19-28,22-10-12-24(31-5)26(18-22)33-7)14-8-15-29(3)16-13-21-9-11-23(30-4)25(17-21)32-6;1-12(2)17-10-14(18)11-19-16-9-5-7-13-6-3-4-8-15(13)16;10-6-2-1-3-7(11)8(6)14-9-12-4-5-13-9/h9-12,17-18,20H,8,13-16H2,1-7H3;3-9,12,14,17-18H,10-11H2,1-2H3;1-3H,4-5H2,(H2,12,13,14). The first-order valence-corrected chi connectivity index (χ1v) is 23.1. The van der Waals surface area contributed by atoms with Gasteiger partial charge < -0.3 is 49.6 Å². The molecule has 66 heavy (non-hydrogen) atoms. The van der Waals surface area contributed by atoms with Crippen molar-refractivity contribution in [3.63, 3.8) is 0 Å². The van der Waals surface area contributed by atoms with E-state index in [9.17, 15) is 10.4 Å². The van der Waals surface area contributed by atoms with Crippen molar-refractivity contribution in [1.82, 2.24) is 20.9 Å². The van der Waals surface area contributed by atoms with Crippen molar-refractivity contribution >= 4 is 45.6 Å². The summed E-state index contributed by atoms with van der Waals surface area (Å²) in [6.45, 7) is 12.8. The number of aliphatic imine (C=N–C) groups is 1. The molecule has 5 aromatic carbocycles. The molecule has 0 bridgehead atoms. The number of guanidine groups is 1. The minimum Gasteiger partial charge on any atom is -0.493 e. The average Bonchev–Trinajstić information content (AvgIpc) is 3.85. The third-order valence-corrected chi connectivity index (χ3v) is 11.8. The predicted molar refractivity (Wildman–Crippen MR) is 270 cm³/mol. The van der Waals surface area contributed by atoms with Gasteiger partial charge in [0.15, 0.2) is 29.0 Å². The number of ether oxygens (including phenoxy) is 5. The number of halogens is 2. The number of nitriles is 1. The van der Waals surface area contributed by atoms with Crippen LogP contribution in [0.2, 0.25) is 10.0 Å². The molecule has 1 fully saturated rings. The number of fused-ring (bicyclic) bond motifs is 1. The van der Waals surface area contributed by atoms with Gasteiger partial charge in [0.05, 0.1) is 50.0 Å². The average molecular weight is 944 g/mol. The summed E-state index contributed by atoms with van der Waals surface area (Å²) >= 11 is 11.9. The number of benzene rings is 5. The molecule has 1 aliphatic heterocycles. The third kappa shape index (κ3) is 15.6. The second-order valence-corrected chi connectivity index (χ2v) is 17.4. The molecule has 1 aliphatic rings. The van der Waals surface area contributed by atoms with E-state index in [0.29, 0.717) is 46.4 Å². The SMILES string of the molecule is CC(C)NCC(O)COc1cccc2ccccc12.COc1ccc(CCN(C)CCCC(C#N)(c2ccc(OC)c(OC)c2)C(C)C)cc1OC.Clc1cccc(Cl)c1N=C1NCCN1. The van der Waals surface area contributed by atoms with Gasteiger partial charge in [-0.25, -0.2) is 4.99 Å². The second-order valence-electron chi connectivity index (χ2n) is 16.5. The van der Waals surface area contributed by atoms with Crippen LogP contribution >= 0.6 is 23.2 Å². The van der Waals surface area contributed by atoms with Crippen LogP contribution in [0.5, 0.6) is 28.7 Å². The van der Waals surface area contributed by atoms with Crippen LogP contribution in [0.15, 0.2) is 102 Å². The molecule has 0 aliphatic carbocycles. The van der Waals surface area contributed by atoms with E-state index in [-0.39, 0.29) is 5.92 Å². The molecule has 1 heterocycles. The van der Waals surface area contributed by atoms with E-state index in [0.717, 1.165) is 85.0 Å². The summed E-state index contributed by atoms with van der Waals surface area (Å²) in [5.41, 5.74) is 2.21. The van der Waals surface area contributed by atoms with Crippen molar-refractivity contribution in [3.8, 4) is 34.8 Å². The minimum atomic E-state index is -0.580. The van der Waals surface area contributed by atoms with E-state index in [4.69, 9.17) is 46.9 Å². The Kier molecular flexibility index (Phi) is 22.0. The second kappa shape index (κ2) is 27.3. The summed E-state index contributed by atoms with van der Waals surface area (Å²) in [5, 5.41) is 32.8. The summed E-state index contributed by atoms with van der Waals surface area (Å²) < 4.78 is 27.3. The molecule has 1 saturated heterocycles. The van der Waals surface area contributed by atoms with Gasteiger partial charge in [0.2, 0.25) is 0 Å². The minimum absolute atomic E-state index is 0.165. The zero-order valence-corrected chi connectivity index (χ0v) is 41.4. The van der Waals surface area contributed by atoms with Crippen molar-refractivity contribution in [2.45, 2.75) is 64.5 Å². The van der Waals surface area contributed by atoms with Gasteiger partial charge in [-0.2, -0.15) is 5.26 Å². The molecule has 4 N–H and O–H groups in total. The molecule has 2 atom stereocenters. The summed E-state index contributed by atoms with van der Waals surface area (Å²) in [7, 11) is 8.67. The van der Waals surface area contributed by atoms with Crippen LogP contribution in [-0.4, -0.2) is 103 Å². The number of para-hydroxylation sites is 1. The molecule has 5 aromatic rings. The summed E-state index contributed by atoms with van der Waals surface area (Å²) in [4.78, 5) is 6.60. The first-order valence-electron chi connectivity index (χ1n) is 22.3. The largest absolute Gasteiger partial charge is 0.493 e. The van der Waals surface area contributed by atoms with Gasteiger partial charge in [-0.3, -0.25) is 0 Å². The number of rotatable bonds is 20. The molecular formula is C52H68Cl2N6O6. The summed E-state index contributed by atoms with van der Waals surface area (Å²) in [6, 6.07) is 34.3. The van der Waals surface area contributed by atoms with E-state index in [2.05, 4.69) is 84.9 Å². The fourth-order valence-electron chi connectivity index (χ4n) is 7.37. The lowest BCUT2D eigenvalue weighted by molar-refractivity contribution is 0.105. The van der Waals surface area contributed by atoms with Crippen LogP contribution in [0.3, 0.4) is 0 Å². The Morgan fingerprint density at radius 3 is 2.00 bits per heavy atom. The van der Waals surface area contributed by atoms with Gasteiger partial charge in [-0.15, -0.1) is 0 Å². The van der Waals surface area contributed by atoms with E-state index in [1.54, 1.807) is 46.6 Å². The monoisotopic (exact) mass is 942 g/mol. The lowest BCUT2D eigenvalue weighted by atomic mass is 9.69. The van der Waals surface area contributed by atoms with E-state index >= 15 is 0 Å². The van der Waals surface area contributed by atoms with Crippen LogP contribution in [-0.2, 0) is 11.8 Å². The zero-order chi connectivity index (χ0) is 48.1. The molecule has 0 radical (unpaired) electrons. The molecule has 0 saturated carbocycles. The van der Waals surface area contributed by atoms with Gasteiger partial charge in [0.1, 0.15) is 24.1 Å². The van der Waals surface area contributed by atoms with Crippen LogP contribution in [0, 0.1) is 17.2 Å². The molecule has 12 nitrogen and oxygen atoms in total. The Morgan fingerprint density at radius 1 is 0.773 bits per heavy atom. The molecular weight excluding hydrogens is 876 g/mol. The molecule has 2 unspecified atom stereocenters. The molecule has 0 aromatic heterocycles. The Labute approximate surface area is 402 Å². The number of nitrogens with zero attached hydrogens (tertiary/aromatic N) is 3. The lowest BCUT2D eigenvalue weighted by Crippen LogP contribution is -2.35. The molecule has 14 heteroatoms. The van der Waals surface area contributed by atoms with Crippen molar-refractivity contribution in [2.24, 2.45) is 10.9 Å². The van der Waals surface area contributed by atoms with Gasteiger partial charge in [0, 0.05) is 37.6 Å². The highest BCUT2D eigenvalue weighted by atomic mass is 35.5. The highest BCUT2D eigenvalue weighted by Gasteiger charge is 2.36. The maximum Gasteiger partial charge on any atom is 0.196 e. The number of aliphatic hydroxyl groups excluding tert-OH is 1. The van der Waals surface area contributed by atoms with Gasteiger partial charge in [0.25, 0.3) is 0 Å². The van der Waals surface area contributed by atoms with Gasteiger partial charge in [-0.05, 0) is 97.8 Å². The molecule has 6 rings (SSSR count). The van der Waals surface area contributed by atoms with Crippen LogP contribution < -0.4 is 39.6 Å². The van der Waals surface area contributed by atoms with Crippen molar-refractivity contribution in [2.75, 3.05) is 74.8 Å². The van der Waals surface area contributed by atoms with Crippen molar-refractivity contribution in [1.29, 1.82) is 5.26 Å². The maximum absolute atomic E-state index is 10.2.